The van der Waals surface area contributed by atoms with E-state index in [0.717, 1.165) is 18.5 Å². The number of carbonyl (C=O) groups is 2. The van der Waals surface area contributed by atoms with Crippen molar-refractivity contribution in [3.8, 4) is 0 Å². The molecule has 2 aliphatic rings. The highest BCUT2D eigenvalue weighted by Gasteiger charge is 2.26. The Labute approximate surface area is 183 Å². The quantitative estimate of drug-likeness (QED) is 0.747. The molecule has 2 heterocycles. The molecule has 2 aromatic carbocycles. The molecule has 1 N–H and O–H groups in total. The molecular formula is C24H28ClN3O2. The van der Waals surface area contributed by atoms with E-state index in [0.29, 0.717) is 35.8 Å². The number of nitrogens with zero attached hydrogens (tertiary/aromatic N) is 2. The van der Waals surface area contributed by atoms with Gasteiger partial charge in [-0.05, 0) is 61.7 Å². The van der Waals surface area contributed by atoms with Gasteiger partial charge in [0.2, 0.25) is 5.91 Å². The number of amides is 2. The first kappa shape index (κ1) is 20.9. The molecule has 2 fully saturated rings. The minimum Gasteiger partial charge on any atom is -0.348 e. The van der Waals surface area contributed by atoms with Gasteiger partial charge in [-0.2, -0.15) is 0 Å². The van der Waals surface area contributed by atoms with Crippen LogP contribution in [0.5, 0.6) is 0 Å². The molecule has 0 aliphatic carbocycles. The Hall–Kier alpha value is -2.37. The third-order valence-electron chi connectivity index (χ3n) is 5.90. The summed E-state index contributed by atoms with van der Waals surface area (Å²) in [5, 5.41) is 3.50. The Balaban J connectivity index is 1.38. The molecule has 0 bridgehead atoms. The number of nitrogens with one attached hydrogen (secondary N) is 1. The lowest BCUT2D eigenvalue weighted by atomic mass is 10.1. The van der Waals surface area contributed by atoms with Crippen molar-refractivity contribution in [2.75, 3.05) is 24.5 Å². The van der Waals surface area contributed by atoms with E-state index < -0.39 is 0 Å². The third-order valence-corrected chi connectivity index (χ3v) is 6.13. The van der Waals surface area contributed by atoms with E-state index in [2.05, 4.69) is 34.5 Å². The predicted molar refractivity (Wildman–Crippen MR) is 120 cm³/mol. The zero-order valence-electron chi connectivity index (χ0n) is 17.2. The smallest absolute Gasteiger partial charge is 0.253 e. The second kappa shape index (κ2) is 9.63. The number of likely N-dealkylation sites (tertiary alicyclic amines) is 1. The molecule has 0 radical (unpaired) electrons. The van der Waals surface area contributed by atoms with Crippen LogP contribution in [0.15, 0.2) is 42.5 Å². The van der Waals surface area contributed by atoms with Crippen LogP contribution in [0.1, 0.15) is 53.6 Å². The lowest BCUT2D eigenvalue weighted by Crippen LogP contribution is -2.29. The molecule has 0 aromatic heterocycles. The number of hydrogen-bond donors (Lipinski definition) is 1. The molecule has 5 nitrogen and oxygen atoms in total. The number of piperidine rings is 1. The van der Waals surface area contributed by atoms with Crippen LogP contribution in [0.25, 0.3) is 0 Å². The molecule has 158 valence electrons. The largest absolute Gasteiger partial charge is 0.348 e. The van der Waals surface area contributed by atoms with E-state index in [1.807, 2.05) is 0 Å². The molecule has 2 saturated heterocycles. The summed E-state index contributed by atoms with van der Waals surface area (Å²) in [6.45, 7) is 4.42. The standard InChI is InChI=1S/C24H28ClN3O2/c25-20-10-11-21(22(15-20)28-14-4-5-23(28)29)24(30)26-16-18-6-8-19(9-7-18)17-27-12-2-1-3-13-27/h6-11,15H,1-5,12-14,16-17H2,(H,26,30). The van der Waals surface area contributed by atoms with Crippen LogP contribution < -0.4 is 10.2 Å². The highest BCUT2D eigenvalue weighted by Crippen LogP contribution is 2.28. The Kier molecular flexibility index (Phi) is 6.70. The fraction of sp³-hybridized carbons (Fsp3) is 0.417. The molecule has 2 aromatic rings. The second-order valence-electron chi connectivity index (χ2n) is 8.15. The second-order valence-corrected chi connectivity index (χ2v) is 8.58. The Morgan fingerprint density at radius 3 is 2.37 bits per heavy atom. The van der Waals surface area contributed by atoms with Crippen molar-refractivity contribution >= 4 is 29.1 Å². The summed E-state index contributed by atoms with van der Waals surface area (Å²) in [7, 11) is 0. The number of hydrogen-bond acceptors (Lipinski definition) is 3. The van der Waals surface area contributed by atoms with Crippen LogP contribution in [-0.2, 0) is 17.9 Å². The Morgan fingerprint density at radius 1 is 0.933 bits per heavy atom. The first-order valence-corrected chi connectivity index (χ1v) is 11.2. The van der Waals surface area contributed by atoms with E-state index in [4.69, 9.17) is 11.6 Å². The lowest BCUT2D eigenvalue weighted by Gasteiger charge is -2.26. The fourth-order valence-electron chi connectivity index (χ4n) is 4.24. The topological polar surface area (TPSA) is 52.7 Å². The van der Waals surface area contributed by atoms with Crippen molar-refractivity contribution in [2.45, 2.75) is 45.2 Å². The Bertz CT molecular complexity index is 907. The van der Waals surface area contributed by atoms with Crippen LogP contribution in [0.3, 0.4) is 0 Å². The minimum atomic E-state index is -0.196. The molecule has 0 unspecified atom stereocenters. The van der Waals surface area contributed by atoms with Gasteiger partial charge in [0, 0.05) is 31.1 Å². The first-order valence-electron chi connectivity index (χ1n) is 10.8. The predicted octanol–water partition coefficient (Wildman–Crippen LogP) is 4.38. The van der Waals surface area contributed by atoms with Crippen molar-refractivity contribution in [1.29, 1.82) is 0 Å². The summed E-state index contributed by atoms with van der Waals surface area (Å²) in [6.07, 6.45) is 5.24. The van der Waals surface area contributed by atoms with Gasteiger partial charge in [-0.15, -0.1) is 0 Å². The molecule has 2 aliphatic heterocycles. The summed E-state index contributed by atoms with van der Waals surface area (Å²) in [5.74, 6) is -0.158. The summed E-state index contributed by atoms with van der Waals surface area (Å²) in [6, 6.07) is 13.5. The van der Waals surface area contributed by atoms with Gasteiger partial charge in [-0.25, -0.2) is 0 Å². The molecule has 0 saturated carbocycles. The van der Waals surface area contributed by atoms with Gasteiger partial charge in [-0.1, -0.05) is 42.3 Å². The van der Waals surface area contributed by atoms with Gasteiger partial charge in [0.15, 0.2) is 0 Å². The average Bonchev–Trinajstić information content (AvgIpc) is 3.19. The minimum absolute atomic E-state index is 0.0376. The zero-order chi connectivity index (χ0) is 20.9. The number of benzene rings is 2. The van der Waals surface area contributed by atoms with E-state index in [1.165, 1.54) is 37.9 Å². The number of halogens is 1. The lowest BCUT2D eigenvalue weighted by molar-refractivity contribution is -0.117. The summed E-state index contributed by atoms with van der Waals surface area (Å²) < 4.78 is 0. The van der Waals surface area contributed by atoms with Gasteiger partial charge < -0.3 is 10.2 Å². The molecule has 6 heteroatoms. The summed E-state index contributed by atoms with van der Waals surface area (Å²) in [4.78, 5) is 29.2. The maximum absolute atomic E-state index is 12.8. The molecule has 2 amide bonds. The Morgan fingerprint density at radius 2 is 1.67 bits per heavy atom. The van der Waals surface area contributed by atoms with Gasteiger partial charge in [-0.3, -0.25) is 14.5 Å². The van der Waals surface area contributed by atoms with Crippen LogP contribution in [-0.4, -0.2) is 36.3 Å². The van der Waals surface area contributed by atoms with Crippen molar-refractivity contribution in [3.05, 3.63) is 64.2 Å². The number of rotatable bonds is 6. The fourth-order valence-corrected chi connectivity index (χ4v) is 4.41. The SMILES string of the molecule is O=C(NCc1ccc(CN2CCCCC2)cc1)c1ccc(Cl)cc1N1CCCC1=O. The van der Waals surface area contributed by atoms with Crippen molar-refractivity contribution in [3.63, 3.8) is 0 Å². The molecule has 0 spiro atoms. The number of anilines is 1. The highest BCUT2D eigenvalue weighted by molar-refractivity contribution is 6.31. The van der Waals surface area contributed by atoms with Crippen molar-refractivity contribution < 1.29 is 9.59 Å². The van der Waals surface area contributed by atoms with Crippen LogP contribution in [0, 0.1) is 0 Å². The van der Waals surface area contributed by atoms with E-state index >= 15 is 0 Å². The van der Waals surface area contributed by atoms with Crippen LogP contribution >= 0.6 is 11.6 Å². The van der Waals surface area contributed by atoms with Gasteiger partial charge in [0.1, 0.15) is 0 Å². The van der Waals surface area contributed by atoms with Gasteiger partial charge in [0.05, 0.1) is 11.3 Å². The monoisotopic (exact) mass is 425 g/mol. The van der Waals surface area contributed by atoms with Crippen molar-refractivity contribution in [2.24, 2.45) is 0 Å². The normalized spacial score (nSPS) is 17.4. The van der Waals surface area contributed by atoms with E-state index in [1.54, 1.807) is 23.1 Å². The zero-order valence-corrected chi connectivity index (χ0v) is 18.0. The first-order chi connectivity index (χ1) is 14.6. The maximum atomic E-state index is 12.8. The number of carbonyl (C=O) groups excluding carboxylic acids is 2. The van der Waals surface area contributed by atoms with Gasteiger partial charge in [0.25, 0.3) is 5.91 Å². The van der Waals surface area contributed by atoms with Gasteiger partial charge >= 0.3 is 0 Å². The molecule has 4 rings (SSSR count). The molecule has 0 atom stereocenters. The van der Waals surface area contributed by atoms with E-state index in [9.17, 15) is 9.59 Å². The van der Waals surface area contributed by atoms with Crippen LogP contribution in [0.2, 0.25) is 5.02 Å². The van der Waals surface area contributed by atoms with E-state index in [-0.39, 0.29) is 11.8 Å². The summed E-state index contributed by atoms with van der Waals surface area (Å²) >= 11 is 6.13. The third kappa shape index (κ3) is 5.02. The van der Waals surface area contributed by atoms with Crippen LogP contribution in [0.4, 0.5) is 5.69 Å². The average molecular weight is 426 g/mol. The highest BCUT2D eigenvalue weighted by atomic mass is 35.5. The molecular weight excluding hydrogens is 398 g/mol. The maximum Gasteiger partial charge on any atom is 0.253 e. The molecule has 30 heavy (non-hydrogen) atoms. The van der Waals surface area contributed by atoms with Crippen molar-refractivity contribution in [1.82, 2.24) is 10.2 Å². The summed E-state index contributed by atoms with van der Waals surface area (Å²) in [5.41, 5.74) is 3.44.